The summed E-state index contributed by atoms with van der Waals surface area (Å²) in [6, 6.07) is 19.4. The summed E-state index contributed by atoms with van der Waals surface area (Å²) in [6.07, 6.45) is 0. The molecule has 0 bridgehead atoms. The fourth-order valence-electron chi connectivity index (χ4n) is 3.29. The molecule has 5 aromatic rings. The number of carbonyl (C=O) groups excluding carboxylic acids is 1. The van der Waals surface area contributed by atoms with Crippen LogP contribution in [0.2, 0.25) is 5.02 Å². The van der Waals surface area contributed by atoms with E-state index in [2.05, 4.69) is 22.4 Å². The lowest BCUT2D eigenvalue weighted by molar-refractivity contribution is 0.103. The molecule has 5 rings (SSSR count). The number of fused-ring (bicyclic) bond motifs is 1. The highest BCUT2D eigenvalue weighted by Gasteiger charge is 2.19. The van der Waals surface area contributed by atoms with Gasteiger partial charge in [-0.05, 0) is 31.2 Å². The number of anilines is 2. The van der Waals surface area contributed by atoms with Gasteiger partial charge >= 0.3 is 0 Å². The lowest BCUT2D eigenvalue weighted by atomic mass is 10.1. The van der Waals surface area contributed by atoms with Crippen molar-refractivity contribution in [3.8, 4) is 22.5 Å². The second kappa shape index (κ2) is 8.35. The molecular formula is C24H17ClN4OS2. The largest absolute Gasteiger partial charge is 0.397 e. The van der Waals surface area contributed by atoms with Crippen LogP contribution in [0.4, 0.5) is 10.8 Å². The van der Waals surface area contributed by atoms with Gasteiger partial charge in [-0.1, -0.05) is 53.6 Å². The van der Waals surface area contributed by atoms with Crippen LogP contribution in [0.1, 0.15) is 15.2 Å². The van der Waals surface area contributed by atoms with Gasteiger partial charge in [0.15, 0.2) is 5.13 Å². The van der Waals surface area contributed by atoms with E-state index in [0.717, 1.165) is 32.7 Å². The summed E-state index contributed by atoms with van der Waals surface area (Å²) in [7, 11) is 0. The van der Waals surface area contributed by atoms with Gasteiger partial charge in [0.05, 0.1) is 17.1 Å². The highest BCUT2D eigenvalue weighted by atomic mass is 35.5. The molecule has 0 spiro atoms. The molecule has 5 nitrogen and oxygen atoms in total. The quantitative estimate of drug-likeness (QED) is 0.296. The van der Waals surface area contributed by atoms with E-state index in [1.165, 1.54) is 28.2 Å². The van der Waals surface area contributed by atoms with Crippen molar-refractivity contribution in [1.29, 1.82) is 0 Å². The number of hydrogen-bond acceptors (Lipinski definition) is 6. The van der Waals surface area contributed by atoms with Gasteiger partial charge in [-0.3, -0.25) is 10.1 Å². The summed E-state index contributed by atoms with van der Waals surface area (Å²) >= 11 is 8.59. The number of aryl methyl sites for hydroxylation is 1. The van der Waals surface area contributed by atoms with Gasteiger partial charge in [0.1, 0.15) is 9.71 Å². The molecule has 0 unspecified atom stereocenters. The minimum Gasteiger partial charge on any atom is -0.397 e. The van der Waals surface area contributed by atoms with Crippen molar-refractivity contribution in [2.24, 2.45) is 0 Å². The standard InChI is InChI=1S/C24H17ClN4OS2/c1-13-2-4-14(5-3-13)18-11-10-17-20(26)21(32-23(17)27-18)22(30)29-24-28-19(12-31-24)15-6-8-16(25)9-7-15/h2-12H,26H2,1H3,(H,28,29,30). The van der Waals surface area contributed by atoms with Gasteiger partial charge in [-0.15, -0.1) is 22.7 Å². The third kappa shape index (κ3) is 3.98. The fraction of sp³-hybridized carbons (Fsp3) is 0.0417. The first-order valence-electron chi connectivity index (χ1n) is 9.77. The fourth-order valence-corrected chi connectivity index (χ4v) is 5.12. The zero-order valence-electron chi connectivity index (χ0n) is 16.9. The van der Waals surface area contributed by atoms with Crippen molar-refractivity contribution in [3.63, 3.8) is 0 Å². The van der Waals surface area contributed by atoms with Crippen molar-refractivity contribution < 1.29 is 4.79 Å². The molecule has 0 atom stereocenters. The number of aromatic nitrogens is 2. The molecule has 0 aliphatic rings. The molecule has 0 fully saturated rings. The van der Waals surface area contributed by atoms with Gasteiger partial charge in [0.25, 0.3) is 5.91 Å². The third-order valence-corrected chi connectivity index (χ3v) is 7.14. The van der Waals surface area contributed by atoms with E-state index < -0.39 is 0 Å². The van der Waals surface area contributed by atoms with E-state index in [9.17, 15) is 4.79 Å². The van der Waals surface area contributed by atoms with Crippen LogP contribution in [0.15, 0.2) is 66.0 Å². The van der Waals surface area contributed by atoms with Crippen LogP contribution < -0.4 is 11.1 Å². The maximum atomic E-state index is 12.9. The zero-order valence-corrected chi connectivity index (χ0v) is 19.3. The molecule has 0 aliphatic carbocycles. The highest BCUT2D eigenvalue weighted by Crippen LogP contribution is 2.35. The van der Waals surface area contributed by atoms with E-state index in [0.29, 0.717) is 20.7 Å². The van der Waals surface area contributed by atoms with Crippen LogP contribution in [0.25, 0.3) is 32.7 Å². The predicted octanol–water partition coefficient (Wildman–Crippen LogP) is 6.88. The molecule has 32 heavy (non-hydrogen) atoms. The number of thiazole rings is 1. The van der Waals surface area contributed by atoms with E-state index in [4.69, 9.17) is 22.3 Å². The van der Waals surface area contributed by atoms with Gasteiger partial charge < -0.3 is 5.73 Å². The Morgan fingerprint density at radius 1 is 0.938 bits per heavy atom. The van der Waals surface area contributed by atoms with Gasteiger partial charge in [0.2, 0.25) is 0 Å². The molecule has 158 valence electrons. The number of hydrogen-bond donors (Lipinski definition) is 2. The zero-order chi connectivity index (χ0) is 22.2. The number of benzene rings is 2. The summed E-state index contributed by atoms with van der Waals surface area (Å²) in [5, 5.41) is 6.69. The highest BCUT2D eigenvalue weighted by molar-refractivity contribution is 7.21. The number of nitrogens with two attached hydrogens (primary N) is 1. The topological polar surface area (TPSA) is 80.9 Å². The average Bonchev–Trinajstić information content (AvgIpc) is 3.39. The summed E-state index contributed by atoms with van der Waals surface area (Å²) < 4.78 is 0. The molecule has 3 N–H and O–H groups in total. The Labute approximate surface area is 197 Å². The van der Waals surface area contributed by atoms with Crippen LogP contribution >= 0.6 is 34.3 Å². The number of thiophene rings is 1. The van der Waals surface area contributed by atoms with E-state index >= 15 is 0 Å². The van der Waals surface area contributed by atoms with Crippen LogP contribution in [-0.4, -0.2) is 15.9 Å². The Bertz CT molecular complexity index is 1440. The van der Waals surface area contributed by atoms with Crippen LogP contribution in [0.5, 0.6) is 0 Å². The van der Waals surface area contributed by atoms with Crippen LogP contribution in [-0.2, 0) is 0 Å². The van der Waals surface area contributed by atoms with Crippen LogP contribution in [0.3, 0.4) is 0 Å². The van der Waals surface area contributed by atoms with Gasteiger partial charge in [-0.25, -0.2) is 9.97 Å². The summed E-state index contributed by atoms with van der Waals surface area (Å²) in [6.45, 7) is 2.05. The minimum atomic E-state index is -0.292. The number of nitrogen functional groups attached to an aromatic ring is 1. The number of rotatable bonds is 4. The molecule has 3 heterocycles. The number of nitrogens with one attached hydrogen (secondary N) is 1. The predicted molar refractivity (Wildman–Crippen MR) is 135 cm³/mol. The molecule has 8 heteroatoms. The van der Waals surface area contributed by atoms with Gasteiger partial charge in [-0.2, -0.15) is 0 Å². The lowest BCUT2D eigenvalue weighted by Crippen LogP contribution is -2.11. The summed E-state index contributed by atoms with van der Waals surface area (Å²) in [5.41, 5.74) is 11.5. The van der Waals surface area contributed by atoms with Crippen molar-refractivity contribution in [3.05, 3.63) is 81.5 Å². The van der Waals surface area contributed by atoms with E-state index in [1.54, 1.807) is 0 Å². The normalized spacial score (nSPS) is 11.1. The third-order valence-electron chi connectivity index (χ3n) is 5.01. The molecule has 0 saturated carbocycles. The Morgan fingerprint density at radius 2 is 1.62 bits per heavy atom. The van der Waals surface area contributed by atoms with Crippen molar-refractivity contribution in [2.45, 2.75) is 6.92 Å². The number of pyridine rings is 1. The maximum Gasteiger partial charge on any atom is 0.269 e. The molecule has 1 amide bonds. The summed E-state index contributed by atoms with van der Waals surface area (Å²) in [4.78, 5) is 23.3. The number of carbonyl (C=O) groups is 1. The van der Waals surface area contributed by atoms with Crippen molar-refractivity contribution >= 4 is 61.2 Å². The smallest absolute Gasteiger partial charge is 0.269 e. The first-order valence-corrected chi connectivity index (χ1v) is 11.8. The first kappa shape index (κ1) is 20.6. The molecular weight excluding hydrogens is 460 g/mol. The first-order chi connectivity index (χ1) is 15.5. The number of amides is 1. The molecule has 2 aromatic carbocycles. The van der Waals surface area contributed by atoms with E-state index in [1.807, 2.05) is 60.8 Å². The Balaban J connectivity index is 1.40. The number of nitrogens with zero attached hydrogens (tertiary/aromatic N) is 2. The average molecular weight is 477 g/mol. The SMILES string of the molecule is Cc1ccc(-c2ccc3c(N)c(C(=O)Nc4nc(-c5ccc(Cl)cc5)cs4)sc3n2)cc1. The van der Waals surface area contributed by atoms with Crippen molar-refractivity contribution in [1.82, 2.24) is 9.97 Å². The lowest BCUT2D eigenvalue weighted by Gasteiger charge is -2.02. The molecule has 0 radical (unpaired) electrons. The molecule has 0 aliphatic heterocycles. The molecule has 0 saturated heterocycles. The number of halogens is 1. The molecule has 3 aromatic heterocycles. The second-order valence-corrected chi connectivity index (χ2v) is 9.55. The maximum absolute atomic E-state index is 12.9. The Morgan fingerprint density at radius 3 is 2.38 bits per heavy atom. The minimum absolute atomic E-state index is 0.292. The summed E-state index contributed by atoms with van der Waals surface area (Å²) in [5.74, 6) is -0.292. The second-order valence-electron chi connectivity index (χ2n) is 7.26. The Hall–Kier alpha value is -3.26. The van der Waals surface area contributed by atoms with Gasteiger partial charge in [0, 0.05) is 26.9 Å². The van der Waals surface area contributed by atoms with E-state index in [-0.39, 0.29) is 5.91 Å². The monoisotopic (exact) mass is 476 g/mol. The van der Waals surface area contributed by atoms with Crippen molar-refractivity contribution in [2.75, 3.05) is 11.1 Å². The van der Waals surface area contributed by atoms with Crippen LogP contribution in [0, 0.1) is 6.92 Å². The Kier molecular flexibility index (Phi) is 5.38.